The van der Waals surface area contributed by atoms with Crippen LogP contribution in [0.25, 0.3) is 0 Å². The predicted octanol–water partition coefficient (Wildman–Crippen LogP) is 1.22. The lowest BCUT2D eigenvalue weighted by Gasteiger charge is -2.49. The van der Waals surface area contributed by atoms with Crippen molar-refractivity contribution in [3.63, 3.8) is 0 Å². The minimum atomic E-state index is -0.318. The number of nitrogens with one attached hydrogen (secondary N) is 2. The van der Waals surface area contributed by atoms with Gasteiger partial charge in [-0.3, -0.25) is 4.79 Å². The van der Waals surface area contributed by atoms with Gasteiger partial charge in [0.1, 0.15) is 0 Å². The standard InChI is InChI=1S/C16H22N2O2/c1-16(2)13(8-14(16)19)18-15(20)12-5-3-4-10-9-17-7-6-11(10)12/h3-5,13-14,17,19H,6-9H2,1-2H3,(H,18,20). The molecule has 4 nitrogen and oxygen atoms in total. The molecule has 1 amide bonds. The monoisotopic (exact) mass is 274 g/mol. The molecule has 1 aromatic carbocycles. The lowest BCUT2D eigenvalue weighted by Crippen LogP contribution is -2.61. The number of aliphatic hydroxyl groups is 1. The van der Waals surface area contributed by atoms with Crippen molar-refractivity contribution in [2.24, 2.45) is 5.41 Å². The number of hydrogen-bond donors (Lipinski definition) is 3. The zero-order chi connectivity index (χ0) is 14.3. The first kappa shape index (κ1) is 13.6. The number of carbonyl (C=O) groups excluding carboxylic acids is 1. The molecule has 1 aliphatic carbocycles. The van der Waals surface area contributed by atoms with Crippen molar-refractivity contribution < 1.29 is 9.90 Å². The van der Waals surface area contributed by atoms with Crippen molar-refractivity contribution in [1.82, 2.24) is 10.6 Å². The van der Waals surface area contributed by atoms with E-state index in [1.807, 2.05) is 26.0 Å². The van der Waals surface area contributed by atoms with Crippen LogP contribution in [0.2, 0.25) is 0 Å². The van der Waals surface area contributed by atoms with Crippen LogP contribution >= 0.6 is 0 Å². The summed E-state index contributed by atoms with van der Waals surface area (Å²) in [6.45, 7) is 5.75. The molecule has 2 unspecified atom stereocenters. The summed E-state index contributed by atoms with van der Waals surface area (Å²) in [5, 5.41) is 16.2. The third-order valence-electron chi connectivity index (χ3n) is 4.91. The molecule has 3 N–H and O–H groups in total. The van der Waals surface area contributed by atoms with Crippen molar-refractivity contribution in [2.75, 3.05) is 6.54 Å². The van der Waals surface area contributed by atoms with Gasteiger partial charge in [-0.2, -0.15) is 0 Å². The van der Waals surface area contributed by atoms with Crippen LogP contribution in [0.1, 0.15) is 41.8 Å². The van der Waals surface area contributed by atoms with E-state index < -0.39 is 0 Å². The van der Waals surface area contributed by atoms with E-state index in [0.29, 0.717) is 6.42 Å². The number of carbonyl (C=O) groups is 1. The van der Waals surface area contributed by atoms with Gasteiger partial charge in [-0.15, -0.1) is 0 Å². The zero-order valence-corrected chi connectivity index (χ0v) is 12.1. The number of rotatable bonds is 2. The highest BCUT2D eigenvalue weighted by molar-refractivity contribution is 5.96. The van der Waals surface area contributed by atoms with Crippen LogP contribution in [0.15, 0.2) is 18.2 Å². The van der Waals surface area contributed by atoms with E-state index in [1.54, 1.807) is 0 Å². The Morgan fingerprint density at radius 2 is 2.25 bits per heavy atom. The molecule has 2 aliphatic rings. The topological polar surface area (TPSA) is 61.4 Å². The average Bonchev–Trinajstić information content (AvgIpc) is 2.46. The molecule has 0 bridgehead atoms. The van der Waals surface area contributed by atoms with E-state index in [1.165, 1.54) is 11.1 Å². The Morgan fingerprint density at radius 3 is 2.95 bits per heavy atom. The highest BCUT2D eigenvalue weighted by atomic mass is 16.3. The second-order valence-electron chi connectivity index (χ2n) is 6.47. The maximum absolute atomic E-state index is 12.5. The molecular weight excluding hydrogens is 252 g/mol. The van der Waals surface area contributed by atoms with Crippen LogP contribution in [0.5, 0.6) is 0 Å². The normalized spacial score (nSPS) is 27.4. The zero-order valence-electron chi connectivity index (χ0n) is 12.1. The van der Waals surface area contributed by atoms with Gasteiger partial charge in [0, 0.05) is 23.6 Å². The minimum absolute atomic E-state index is 0.00581. The molecule has 0 aromatic heterocycles. The Hall–Kier alpha value is -1.39. The van der Waals surface area contributed by atoms with E-state index in [2.05, 4.69) is 16.7 Å². The second-order valence-corrected chi connectivity index (χ2v) is 6.47. The highest BCUT2D eigenvalue weighted by Crippen LogP contribution is 2.40. The summed E-state index contributed by atoms with van der Waals surface area (Å²) < 4.78 is 0. The van der Waals surface area contributed by atoms with Crippen LogP contribution < -0.4 is 10.6 Å². The first-order valence-corrected chi connectivity index (χ1v) is 7.30. The molecule has 1 aromatic rings. The Balaban J connectivity index is 1.78. The minimum Gasteiger partial charge on any atom is -0.392 e. The number of benzene rings is 1. The number of aliphatic hydroxyl groups excluding tert-OH is 1. The third-order valence-corrected chi connectivity index (χ3v) is 4.91. The lowest BCUT2D eigenvalue weighted by atomic mass is 9.64. The van der Waals surface area contributed by atoms with E-state index in [4.69, 9.17) is 0 Å². The second kappa shape index (κ2) is 4.86. The molecule has 108 valence electrons. The van der Waals surface area contributed by atoms with Crippen LogP contribution in [0, 0.1) is 5.41 Å². The van der Waals surface area contributed by atoms with Crippen molar-refractivity contribution in [1.29, 1.82) is 0 Å². The van der Waals surface area contributed by atoms with Gasteiger partial charge in [0.2, 0.25) is 0 Å². The average molecular weight is 274 g/mol. The summed E-state index contributed by atoms with van der Waals surface area (Å²) in [5.74, 6) is -0.00581. The predicted molar refractivity (Wildman–Crippen MR) is 77.5 cm³/mol. The van der Waals surface area contributed by atoms with Gasteiger partial charge in [-0.05, 0) is 36.6 Å². The molecule has 1 saturated carbocycles. The highest BCUT2D eigenvalue weighted by Gasteiger charge is 2.48. The number of amides is 1. The lowest BCUT2D eigenvalue weighted by molar-refractivity contribution is -0.0689. The Labute approximate surface area is 119 Å². The van der Waals surface area contributed by atoms with Gasteiger partial charge in [0.15, 0.2) is 0 Å². The Kier molecular flexibility index (Phi) is 3.30. The van der Waals surface area contributed by atoms with E-state index in [-0.39, 0.29) is 23.5 Å². The fourth-order valence-electron chi connectivity index (χ4n) is 3.13. The van der Waals surface area contributed by atoms with Crippen molar-refractivity contribution in [2.45, 2.75) is 45.4 Å². The largest absolute Gasteiger partial charge is 0.392 e. The maximum atomic E-state index is 12.5. The smallest absolute Gasteiger partial charge is 0.251 e. The van der Waals surface area contributed by atoms with E-state index in [0.717, 1.165) is 25.1 Å². The maximum Gasteiger partial charge on any atom is 0.251 e. The molecule has 0 radical (unpaired) electrons. The molecule has 1 aliphatic heterocycles. The fraction of sp³-hybridized carbons (Fsp3) is 0.562. The molecule has 2 atom stereocenters. The molecule has 0 spiro atoms. The molecule has 3 rings (SSSR count). The summed E-state index contributed by atoms with van der Waals surface area (Å²) in [6, 6.07) is 5.99. The van der Waals surface area contributed by atoms with E-state index >= 15 is 0 Å². The van der Waals surface area contributed by atoms with Crippen molar-refractivity contribution in [3.8, 4) is 0 Å². The molecule has 1 heterocycles. The Morgan fingerprint density at radius 1 is 1.45 bits per heavy atom. The quantitative estimate of drug-likeness (QED) is 0.760. The van der Waals surface area contributed by atoms with Gasteiger partial charge < -0.3 is 15.7 Å². The molecule has 4 heteroatoms. The molecule has 20 heavy (non-hydrogen) atoms. The van der Waals surface area contributed by atoms with Crippen LogP contribution in [-0.4, -0.2) is 29.7 Å². The van der Waals surface area contributed by atoms with Gasteiger partial charge in [-0.25, -0.2) is 0 Å². The molecule has 0 saturated heterocycles. The van der Waals surface area contributed by atoms with Crippen LogP contribution in [0.3, 0.4) is 0 Å². The summed E-state index contributed by atoms with van der Waals surface area (Å²) in [4.78, 5) is 12.5. The number of fused-ring (bicyclic) bond motifs is 1. The fourth-order valence-corrected chi connectivity index (χ4v) is 3.13. The summed E-state index contributed by atoms with van der Waals surface area (Å²) in [6.07, 6.45) is 1.23. The summed E-state index contributed by atoms with van der Waals surface area (Å²) >= 11 is 0. The SMILES string of the molecule is CC1(C)C(O)CC1NC(=O)c1cccc2c1CCNC2. The Bertz CT molecular complexity index is 539. The van der Waals surface area contributed by atoms with Gasteiger partial charge >= 0.3 is 0 Å². The molecule has 1 fully saturated rings. The molecular formula is C16H22N2O2. The third kappa shape index (κ3) is 2.13. The van der Waals surface area contributed by atoms with Gasteiger partial charge in [0.25, 0.3) is 5.91 Å². The van der Waals surface area contributed by atoms with E-state index in [9.17, 15) is 9.90 Å². The first-order valence-electron chi connectivity index (χ1n) is 7.30. The van der Waals surface area contributed by atoms with Gasteiger partial charge in [-0.1, -0.05) is 26.0 Å². The summed E-state index contributed by atoms with van der Waals surface area (Å²) in [7, 11) is 0. The first-order chi connectivity index (χ1) is 9.50. The van der Waals surface area contributed by atoms with Crippen LogP contribution in [0.4, 0.5) is 0 Å². The van der Waals surface area contributed by atoms with Crippen molar-refractivity contribution in [3.05, 3.63) is 34.9 Å². The van der Waals surface area contributed by atoms with Crippen molar-refractivity contribution >= 4 is 5.91 Å². The number of hydrogen-bond acceptors (Lipinski definition) is 3. The van der Waals surface area contributed by atoms with Crippen LogP contribution in [-0.2, 0) is 13.0 Å². The summed E-state index contributed by atoms with van der Waals surface area (Å²) in [5.41, 5.74) is 2.95. The van der Waals surface area contributed by atoms with Gasteiger partial charge in [0.05, 0.1) is 6.10 Å².